The van der Waals surface area contributed by atoms with Gasteiger partial charge in [0.05, 0.1) is 18.6 Å². The number of benzene rings is 1. The summed E-state index contributed by atoms with van der Waals surface area (Å²) in [5.74, 6) is -2.94. The molecule has 2 aromatic rings. The highest BCUT2D eigenvalue weighted by Gasteiger charge is 2.46. The number of fused-ring (bicyclic) bond motifs is 6. The molecule has 236 valence electrons. The molecule has 4 saturated heterocycles. The zero-order valence-corrected chi connectivity index (χ0v) is 24.0. The van der Waals surface area contributed by atoms with E-state index in [-0.39, 0.29) is 43.9 Å². The molecule has 0 unspecified atom stereocenters. The lowest BCUT2D eigenvalue weighted by molar-refractivity contribution is -0.142. The van der Waals surface area contributed by atoms with Crippen LogP contribution in [0.25, 0.3) is 0 Å². The van der Waals surface area contributed by atoms with Crippen molar-refractivity contribution in [3.63, 3.8) is 0 Å². The van der Waals surface area contributed by atoms with Crippen molar-refractivity contribution in [2.45, 2.75) is 68.5 Å². The minimum atomic E-state index is -1.33. The Kier molecular flexibility index (Phi) is 8.87. The van der Waals surface area contributed by atoms with Crippen LogP contribution in [0.2, 0.25) is 0 Å². The van der Waals surface area contributed by atoms with E-state index in [9.17, 15) is 33.4 Å². The Bertz CT molecular complexity index is 1390. The van der Waals surface area contributed by atoms with Crippen LogP contribution >= 0.6 is 0 Å². The first kappa shape index (κ1) is 30.5. The van der Waals surface area contributed by atoms with Gasteiger partial charge in [0.25, 0.3) is 0 Å². The third-order valence-electron chi connectivity index (χ3n) is 8.96. The number of halogens is 2. The Morgan fingerprint density at radius 3 is 2.50 bits per heavy atom. The third-order valence-corrected chi connectivity index (χ3v) is 8.96. The normalized spacial score (nSPS) is 32.0. The highest BCUT2D eigenvalue weighted by Crippen LogP contribution is 2.27. The molecular formula is C30H36F2N6O6. The van der Waals surface area contributed by atoms with Gasteiger partial charge in [-0.3, -0.25) is 29.2 Å². The van der Waals surface area contributed by atoms with E-state index in [1.807, 2.05) is 21.9 Å². The van der Waals surface area contributed by atoms with Crippen LogP contribution in [0.1, 0.15) is 24.0 Å². The molecule has 44 heavy (non-hydrogen) atoms. The molecule has 4 aliphatic heterocycles. The molecule has 0 spiro atoms. The molecule has 12 nitrogen and oxygen atoms in total. The number of likely N-dealkylation sites (tertiary alicyclic amines) is 1. The van der Waals surface area contributed by atoms with Crippen molar-refractivity contribution >= 4 is 17.7 Å². The van der Waals surface area contributed by atoms with Crippen LogP contribution in [-0.4, -0.2) is 123 Å². The zero-order chi connectivity index (χ0) is 31.0. The molecule has 4 aliphatic rings. The molecule has 6 rings (SSSR count). The second-order valence-corrected chi connectivity index (χ2v) is 12.0. The number of nitrogens with zero attached hydrogens (tertiary/aromatic N) is 4. The first-order chi connectivity index (χ1) is 21.2. The number of hydrogen-bond acceptors (Lipinski definition) is 9. The minimum absolute atomic E-state index is 0.0436. The van der Waals surface area contributed by atoms with Crippen LogP contribution < -0.4 is 10.6 Å². The van der Waals surface area contributed by atoms with Crippen LogP contribution in [0.15, 0.2) is 42.7 Å². The highest BCUT2D eigenvalue weighted by molar-refractivity contribution is 5.86. The number of aliphatic hydroxyl groups is 2. The minimum Gasteiger partial charge on any atom is -0.388 e. The van der Waals surface area contributed by atoms with Gasteiger partial charge in [0.2, 0.25) is 17.7 Å². The Balaban J connectivity index is 1.28. The molecule has 5 heterocycles. The van der Waals surface area contributed by atoms with E-state index in [4.69, 9.17) is 4.74 Å². The fraction of sp³-hybridized carbons (Fsp3) is 0.533. The van der Waals surface area contributed by atoms with E-state index in [2.05, 4.69) is 15.6 Å². The summed E-state index contributed by atoms with van der Waals surface area (Å²) in [6.07, 6.45) is -1.04. The topological polar surface area (TPSA) is 148 Å². The molecule has 4 fully saturated rings. The van der Waals surface area contributed by atoms with Crippen molar-refractivity contribution in [3.8, 4) is 0 Å². The predicted molar refractivity (Wildman–Crippen MR) is 150 cm³/mol. The zero-order valence-electron chi connectivity index (χ0n) is 24.0. The smallest absolute Gasteiger partial charge is 0.240 e. The summed E-state index contributed by atoms with van der Waals surface area (Å²) in [5, 5.41) is 26.9. The Labute approximate surface area is 253 Å². The summed E-state index contributed by atoms with van der Waals surface area (Å²) < 4.78 is 33.4. The molecule has 14 heteroatoms. The number of aliphatic hydroxyl groups excluding tert-OH is 2. The quantitative estimate of drug-likeness (QED) is 0.346. The average Bonchev–Trinajstić information content (AvgIpc) is 3.52. The molecule has 6 bridgehead atoms. The van der Waals surface area contributed by atoms with Gasteiger partial charge in [-0.25, -0.2) is 8.78 Å². The molecule has 0 saturated carbocycles. The summed E-state index contributed by atoms with van der Waals surface area (Å²) in [4.78, 5) is 50.3. The van der Waals surface area contributed by atoms with Crippen LogP contribution in [0.4, 0.5) is 8.78 Å². The Morgan fingerprint density at radius 1 is 0.932 bits per heavy atom. The van der Waals surface area contributed by atoms with E-state index < -0.39 is 54.0 Å². The van der Waals surface area contributed by atoms with E-state index in [0.29, 0.717) is 38.2 Å². The van der Waals surface area contributed by atoms with Gasteiger partial charge in [-0.2, -0.15) is 0 Å². The van der Waals surface area contributed by atoms with Crippen LogP contribution in [0.3, 0.4) is 0 Å². The van der Waals surface area contributed by atoms with Crippen molar-refractivity contribution < 1.29 is 38.1 Å². The van der Waals surface area contributed by atoms with Crippen LogP contribution in [0.5, 0.6) is 0 Å². The van der Waals surface area contributed by atoms with Gasteiger partial charge >= 0.3 is 0 Å². The number of piperazine rings is 1. The summed E-state index contributed by atoms with van der Waals surface area (Å²) in [7, 11) is 0. The standard InChI is InChI=1S/C30H36F2N6O6/c31-20-4-3-17(8-21(20)32)13-36-6-7-37-16-23(36)29(42)34-12-25-28(41)27(40)24(44-25)10-26(39)35-19-9-22(30(37)43)38(15-19)14-18-2-1-5-33-11-18/h1-5,8,11,19,22-25,27-28,40-41H,6-7,9-10,12-16H2,(H,34,42)(H,35,39)/t19-,22-,23-,24-,25+,27-,28+/m0/s1. The summed E-state index contributed by atoms with van der Waals surface area (Å²) in [5.41, 5.74) is 1.38. The first-order valence-electron chi connectivity index (χ1n) is 14.8. The molecule has 1 aromatic carbocycles. The fourth-order valence-corrected chi connectivity index (χ4v) is 6.66. The fourth-order valence-electron chi connectivity index (χ4n) is 6.66. The molecule has 7 atom stereocenters. The number of nitrogens with one attached hydrogen (secondary N) is 2. The first-order valence-corrected chi connectivity index (χ1v) is 14.8. The van der Waals surface area contributed by atoms with E-state index >= 15 is 0 Å². The van der Waals surface area contributed by atoms with Crippen LogP contribution in [-0.2, 0) is 32.2 Å². The van der Waals surface area contributed by atoms with E-state index in [0.717, 1.165) is 17.7 Å². The maximum atomic E-state index is 14.1. The molecular weight excluding hydrogens is 578 g/mol. The molecule has 0 aliphatic carbocycles. The monoisotopic (exact) mass is 614 g/mol. The van der Waals surface area contributed by atoms with Gasteiger partial charge in [0.1, 0.15) is 24.4 Å². The Morgan fingerprint density at radius 2 is 1.73 bits per heavy atom. The van der Waals surface area contributed by atoms with Crippen molar-refractivity contribution in [2.75, 3.05) is 32.7 Å². The lowest BCUT2D eigenvalue weighted by Gasteiger charge is -2.42. The summed E-state index contributed by atoms with van der Waals surface area (Å²) >= 11 is 0. The molecule has 4 N–H and O–H groups in total. The van der Waals surface area contributed by atoms with Crippen molar-refractivity contribution in [1.29, 1.82) is 0 Å². The number of aromatic nitrogens is 1. The number of rotatable bonds is 4. The van der Waals surface area contributed by atoms with Crippen molar-refractivity contribution in [3.05, 3.63) is 65.5 Å². The second-order valence-electron chi connectivity index (χ2n) is 12.0. The number of ether oxygens (including phenoxy) is 1. The number of amides is 3. The van der Waals surface area contributed by atoms with E-state index in [1.165, 1.54) is 6.07 Å². The van der Waals surface area contributed by atoms with Gasteiger partial charge in [-0.15, -0.1) is 0 Å². The van der Waals surface area contributed by atoms with E-state index in [1.54, 1.807) is 17.3 Å². The SMILES string of the molecule is O=C1C[C@@H]2O[C@H](CNC(=O)[C@@H]3CN(CCN3Cc3ccc(F)c(F)c3)C(=O)[C@@H]3C[C@@H](CN3Cc3cccnc3)N1)[C@@H](O)[C@H]2O. The van der Waals surface area contributed by atoms with Crippen molar-refractivity contribution in [2.24, 2.45) is 0 Å². The predicted octanol–water partition coefficient (Wildman–Crippen LogP) is -0.859. The molecule has 0 radical (unpaired) electrons. The lowest BCUT2D eigenvalue weighted by atomic mass is 10.0. The van der Waals surface area contributed by atoms with Gasteiger partial charge in [0.15, 0.2) is 11.6 Å². The summed E-state index contributed by atoms with van der Waals surface area (Å²) in [6.45, 7) is 1.47. The highest BCUT2D eigenvalue weighted by atomic mass is 19.2. The lowest BCUT2D eigenvalue weighted by Crippen LogP contribution is -2.62. The van der Waals surface area contributed by atoms with Gasteiger partial charge in [-0.05, 0) is 35.7 Å². The Hall–Kier alpha value is -3.56. The van der Waals surface area contributed by atoms with Crippen molar-refractivity contribution in [1.82, 2.24) is 30.3 Å². The number of hydrogen-bond donors (Lipinski definition) is 4. The molecule has 3 amide bonds. The third kappa shape index (κ3) is 6.44. The second kappa shape index (κ2) is 12.8. The van der Waals surface area contributed by atoms with Gasteiger partial charge in [0, 0.05) is 64.2 Å². The summed E-state index contributed by atoms with van der Waals surface area (Å²) in [6, 6.07) is 5.54. The average molecular weight is 615 g/mol. The maximum Gasteiger partial charge on any atom is 0.240 e. The number of carbonyl (C=O) groups excluding carboxylic acids is 3. The largest absolute Gasteiger partial charge is 0.388 e. The van der Waals surface area contributed by atoms with Gasteiger partial charge in [-0.1, -0.05) is 12.1 Å². The van der Waals surface area contributed by atoms with Gasteiger partial charge < -0.3 is 30.5 Å². The molecule has 1 aromatic heterocycles. The number of pyridine rings is 1. The van der Waals surface area contributed by atoms with Crippen LogP contribution in [0, 0.1) is 11.6 Å². The number of carbonyl (C=O) groups is 3. The maximum absolute atomic E-state index is 14.1.